The highest BCUT2D eigenvalue weighted by molar-refractivity contribution is 5.42. The Morgan fingerprint density at radius 2 is 2.27 bits per heavy atom. The van der Waals surface area contributed by atoms with Crippen LogP contribution in [0.3, 0.4) is 0 Å². The lowest BCUT2D eigenvalue weighted by molar-refractivity contribution is 0.0838. The minimum Gasteiger partial charge on any atom is -0.388 e. The van der Waals surface area contributed by atoms with Gasteiger partial charge in [0.1, 0.15) is 6.33 Å². The second-order valence-electron chi connectivity index (χ2n) is 4.27. The van der Waals surface area contributed by atoms with Crippen molar-refractivity contribution in [2.75, 3.05) is 18.0 Å². The summed E-state index contributed by atoms with van der Waals surface area (Å²) in [6.45, 7) is 4.40. The van der Waals surface area contributed by atoms with Crippen molar-refractivity contribution in [2.24, 2.45) is 0 Å². The molecule has 1 aromatic rings. The van der Waals surface area contributed by atoms with Crippen LogP contribution in [0.4, 0.5) is 10.2 Å². The number of aliphatic hydroxyl groups is 1. The molecule has 1 saturated heterocycles. The lowest BCUT2D eigenvalue weighted by Crippen LogP contribution is -2.30. The van der Waals surface area contributed by atoms with E-state index in [1.807, 2.05) is 0 Å². The summed E-state index contributed by atoms with van der Waals surface area (Å²) in [4.78, 5) is 9.44. The molecular formula is C10H14FN3O. The number of halogens is 1. The third-order valence-electron chi connectivity index (χ3n) is 2.70. The van der Waals surface area contributed by atoms with Gasteiger partial charge in [-0.1, -0.05) is 0 Å². The van der Waals surface area contributed by atoms with Gasteiger partial charge in [-0.2, -0.15) is 0 Å². The first-order valence-electron chi connectivity index (χ1n) is 4.94. The van der Waals surface area contributed by atoms with Crippen molar-refractivity contribution in [3.05, 3.63) is 17.8 Å². The van der Waals surface area contributed by atoms with E-state index >= 15 is 0 Å². The number of β-amino-alcohol motifs (C(OH)–C–C–N with tert-alkyl or cyclic N) is 1. The van der Waals surface area contributed by atoms with Crippen molar-refractivity contribution >= 4 is 5.82 Å². The monoisotopic (exact) mass is 211 g/mol. The number of hydrogen-bond acceptors (Lipinski definition) is 4. The first-order chi connectivity index (χ1) is 6.99. The molecule has 2 heterocycles. The van der Waals surface area contributed by atoms with E-state index in [1.165, 1.54) is 6.33 Å². The van der Waals surface area contributed by atoms with Crippen LogP contribution in [0.15, 0.2) is 6.33 Å². The van der Waals surface area contributed by atoms with Crippen LogP contribution in [0.2, 0.25) is 0 Å². The summed E-state index contributed by atoms with van der Waals surface area (Å²) < 4.78 is 13.7. The Hall–Kier alpha value is -1.23. The van der Waals surface area contributed by atoms with E-state index in [0.29, 0.717) is 31.0 Å². The molecule has 0 aromatic carbocycles. The van der Waals surface area contributed by atoms with Gasteiger partial charge in [-0.3, -0.25) is 0 Å². The van der Waals surface area contributed by atoms with E-state index in [0.717, 1.165) is 0 Å². The predicted octanol–water partition coefficient (Wildman–Crippen LogP) is 0.885. The Morgan fingerprint density at radius 1 is 1.53 bits per heavy atom. The molecule has 15 heavy (non-hydrogen) atoms. The van der Waals surface area contributed by atoms with Gasteiger partial charge < -0.3 is 10.0 Å². The maximum atomic E-state index is 13.7. The van der Waals surface area contributed by atoms with Crippen molar-refractivity contribution in [1.29, 1.82) is 0 Å². The van der Waals surface area contributed by atoms with Crippen LogP contribution in [-0.4, -0.2) is 33.8 Å². The van der Waals surface area contributed by atoms with Crippen molar-refractivity contribution in [3.63, 3.8) is 0 Å². The van der Waals surface area contributed by atoms with Crippen molar-refractivity contribution in [1.82, 2.24) is 9.97 Å². The molecule has 0 aliphatic carbocycles. The SMILES string of the molecule is Cc1ncnc(N2CCC(C)(O)C2)c1F. The Balaban J connectivity index is 2.28. The van der Waals surface area contributed by atoms with Gasteiger partial charge in [0.05, 0.1) is 11.3 Å². The summed E-state index contributed by atoms with van der Waals surface area (Å²) in [7, 11) is 0. The van der Waals surface area contributed by atoms with E-state index in [-0.39, 0.29) is 0 Å². The predicted molar refractivity (Wildman–Crippen MR) is 54.2 cm³/mol. The van der Waals surface area contributed by atoms with E-state index in [9.17, 15) is 9.50 Å². The largest absolute Gasteiger partial charge is 0.388 e. The van der Waals surface area contributed by atoms with Crippen LogP contribution in [0.25, 0.3) is 0 Å². The average Bonchev–Trinajstić information content (AvgIpc) is 2.51. The molecule has 1 aromatic heterocycles. The van der Waals surface area contributed by atoms with Crippen LogP contribution >= 0.6 is 0 Å². The fourth-order valence-electron chi connectivity index (χ4n) is 1.79. The molecule has 82 valence electrons. The molecule has 1 aliphatic rings. The highest BCUT2D eigenvalue weighted by Crippen LogP contribution is 2.26. The lowest BCUT2D eigenvalue weighted by Gasteiger charge is -2.20. The van der Waals surface area contributed by atoms with Gasteiger partial charge in [0.2, 0.25) is 0 Å². The molecule has 1 fully saturated rings. The normalized spacial score (nSPS) is 26.0. The minimum absolute atomic E-state index is 0.292. The summed E-state index contributed by atoms with van der Waals surface area (Å²) >= 11 is 0. The summed E-state index contributed by atoms with van der Waals surface area (Å²) in [6, 6.07) is 0. The highest BCUT2D eigenvalue weighted by atomic mass is 19.1. The number of rotatable bonds is 1. The number of aromatic nitrogens is 2. The number of nitrogens with zero attached hydrogens (tertiary/aromatic N) is 3. The second kappa shape index (κ2) is 3.41. The van der Waals surface area contributed by atoms with Gasteiger partial charge in [0.25, 0.3) is 0 Å². The number of hydrogen-bond donors (Lipinski definition) is 1. The third kappa shape index (κ3) is 1.92. The van der Waals surface area contributed by atoms with Gasteiger partial charge >= 0.3 is 0 Å². The molecule has 5 heteroatoms. The highest BCUT2D eigenvalue weighted by Gasteiger charge is 2.33. The summed E-state index contributed by atoms with van der Waals surface area (Å²) in [5, 5.41) is 9.78. The van der Waals surface area contributed by atoms with Gasteiger partial charge in [-0.05, 0) is 20.3 Å². The zero-order valence-electron chi connectivity index (χ0n) is 8.87. The molecule has 1 unspecified atom stereocenters. The smallest absolute Gasteiger partial charge is 0.186 e. The summed E-state index contributed by atoms with van der Waals surface area (Å²) in [6.07, 6.45) is 1.98. The Kier molecular flexibility index (Phi) is 2.34. The second-order valence-corrected chi connectivity index (χ2v) is 4.27. The van der Waals surface area contributed by atoms with Gasteiger partial charge in [0.15, 0.2) is 11.6 Å². The molecule has 1 atom stereocenters. The Labute approximate surface area is 87.8 Å². The van der Waals surface area contributed by atoms with E-state index in [1.54, 1.807) is 18.7 Å². The quantitative estimate of drug-likeness (QED) is 0.749. The molecular weight excluding hydrogens is 197 g/mol. The van der Waals surface area contributed by atoms with Gasteiger partial charge in [0, 0.05) is 13.1 Å². The maximum absolute atomic E-state index is 13.7. The Morgan fingerprint density at radius 3 is 2.87 bits per heavy atom. The minimum atomic E-state index is -0.745. The number of anilines is 1. The van der Waals surface area contributed by atoms with Gasteiger partial charge in [-0.15, -0.1) is 0 Å². The molecule has 0 spiro atoms. The topological polar surface area (TPSA) is 49.2 Å². The van der Waals surface area contributed by atoms with E-state index in [2.05, 4.69) is 9.97 Å². The first-order valence-corrected chi connectivity index (χ1v) is 4.94. The van der Waals surface area contributed by atoms with E-state index < -0.39 is 11.4 Å². The molecule has 2 rings (SSSR count). The van der Waals surface area contributed by atoms with Gasteiger partial charge in [-0.25, -0.2) is 14.4 Å². The molecule has 1 N–H and O–H groups in total. The number of aryl methyl sites for hydroxylation is 1. The fourth-order valence-corrected chi connectivity index (χ4v) is 1.79. The van der Waals surface area contributed by atoms with Crippen LogP contribution in [0.1, 0.15) is 19.0 Å². The van der Waals surface area contributed by atoms with Crippen molar-refractivity contribution < 1.29 is 9.50 Å². The molecule has 0 saturated carbocycles. The van der Waals surface area contributed by atoms with Crippen LogP contribution in [0.5, 0.6) is 0 Å². The standard InChI is InChI=1S/C10H14FN3O/c1-7-8(11)9(13-6-12-7)14-4-3-10(2,15)5-14/h6,15H,3-5H2,1-2H3. The maximum Gasteiger partial charge on any atom is 0.186 e. The first kappa shape index (κ1) is 10.3. The van der Waals surface area contributed by atoms with Crippen molar-refractivity contribution in [3.8, 4) is 0 Å². The zero-order valence-corrected chi connectivity index (χ0v) is 8.87. The van der Waals surface area contributed by atoms with E-state index in [4.69, 9.17) is 0 Å². The zero-order chi connectivity index (χ0) is 11.1. The van der Waals surface area contributed by atoms with Crippen LogP contribution in [-0.2, 0) is 0 Å². The summed E-state index contributed by atoms with van der Waals surface area (Å²) in [5.41, 5.74) is -0.405. The molecule has 0 amide bonds. The third-order valence-corrected chi connectivity index (χ3v) is 2.70. The molecule has 1 aliphatic heterocycles. The van der Waals surface area contributed by atoms with Crippen molar-refractivity contribution in [2.45, 2.75) is 25.9 Å². The fraction of sp³-hybridized carbons (Fsp3) is 0.600. The lowest BCUT2D eigenvalue weighted by atomic mass is 10.1. The van der Waals surface area contributed by atoms with Crippen LogP contribution < -0.4 is 4.90 Å². The average molecular weight is 211 g/mol. The molecule has 0 bridgehead atoms. The summed E-state index contributed by atoms with van der Waals surface area (Å²) in [5.74, 6) is -0.101. The molecule has 0 radical (unpaired) electrons. The molecule has 4 nitrogen and oxygen atoms in total. The Bertz CT molecular complexity index is 381. The van der Waals surface area contributed by atoms with Crippen LogP contribution in [0, 0.1) is 12.7 Å².